The van der Waals surface area contributed by atoms with Gasteiger partial charge in [0.2, 0.25) is 23.8 Å². The lowest BCUT2D eigenvalue weighted by molar-refractivity contribution is -0.319. The van der Waals surface area contributed by atoms with Crippen LogP contribution < -0.4 is 19.6 Å². The van der Waals surface area contributed by atoms with Crippen molar-refractivity contribution in [2.45, 2.75) is 79.4 Å². The first kappa shape index (κ1) is 39.0. The lowest BCUT2D eigenvalue weighted by atomic mass is 9.98. The third kappa shape index (κ3) is 7.27. The Bertz CT molecular complexity index is 1780. The number of phenolic OH excluding ortho intramolecular Hbond substituents is 1. The molecule has 3 aliphatic heterocycles. The van der Waals surface area contributed by atoms with Crippen LogP contribution in [0.4, 0.5) is 0 Å². The van der Waals surface area contributed by atoms with Gasteiger partial charge in [0.25, 0.3) is 0 Å². The zero-order valence-electron chi connectivity index (χ0n) is 27.8. The molecule has 0 bridgehead atoms. The SMILES string of the molecule is COc1cc(O)c2c(=O)c(OC3OC(CO)C(O)C(O)C3OC3OCC(O)(CO)C3O)c(-c3ccc(OC4OC(CO)C(O)C(O)C4O)cc3)oc2c1. The summed E-state index contributed by atoms with van der Waals surface area (Å²) in [6.07, 6.45) is -20.2. The van der Waals surface area contributed by atoms with Crippen molar-refractivity contribution >= 4 is 11.0 Å². The van der Waals surface area contributed by atoms with Gasteiger partial charge in [0.1, 0.15) is 82.7 Å². The molecule has 11 N–H and O–H groups in total. The molecule has 20 heteroatoms. The van der Waals surface area contributed by atoms with Gasteiger partial charge in [-0.2, -0.15) is 0 Å². The molecule has 3 aromatic rings. The number of aliphatic hydroxyl groups is 10. The largest absolute Gasteiger partial charge is 0.507 e. The van der Waals surface area contributed by atoms with Crippen molar-refractivity contribution in [2.75, 3.05) is 33.5 Å². The maximum Gasteiger partial charge on any atom is 0.239 e. The number of benzene rings is 2. The van der Waals surface area contributed by atoms with Crippen LogP contribution in [-0.2, 0) is 18.9 Å². The van der Waals surface area contributed by atoms with Crippen LogP contribution in [0.3, 0.4) is 0 Å². The summed E-state index contributed by atoms with van der Waals surface area (Å²) in [5, 5.41) is 113. The van der Waals surface area contributed by atoms with E-state index in [-0.39, 0.29) is 33.8 Å². The fourth-order valence-electron chi connectivity index (χ4n) is 6.13. The highest BCUT2D eigenvalue weighted by Crippen LogP contribution is 2.39. The van der Waals surface area contributed by atoms with Crippen LogP contribution in [0.1, 0.15) is 0 Å². The molecule has 2 aromatic carbocycles. The Morgan fingerprint density at radius 2 is 1.43 bits per heavy atom. The first-order valence-corrected chi connectivity index (χ1v) is 16.3. The molecular formula is C33H40O20. The molecule has 4 heterocycles. The lowest BCUT2D eigenvalue weighted by Crippen LogP contribution is -2.62. The monoisotopic (exact) mass is 756 g/mol. The predicted molar refractivity (Wildman–Crippen MR) is 172 cm³/mol. The van der Waals surface area contributed by atoms with Gasteiger partial charge in [-0.1, -0.05) is 0 Å². The summed E-state index contributed by atoms with van der Waals surface area (Å²) in [5.41, 5.74) is -3.16. The van der Waals surface area contributed by atoms with Crippen LogP contribution >= 0.6 is 0 Å². The van der Waals surface area contributed by atoms with Crippen molar-refractivity contribution < 1.29 is 93.7 Å². The van der Waals surface area contributed by atoms with Gasteiger partial charge >= 0.3 is 0 Å². The lowest BCUT2D eigenvalue weighted by Gasteiger charge is -2.42. The van der Waals surface area contributed by atoms with Gasteiger partial charge in [-0.25, -0.2) is 0 Å². The van der Waals surface area contributed by atoms with Crippen LogP contribution in [0.25, 0.3) is 22.3 Å². The fourth-order valence-corrected chi connectivity index (χ4v) is 6.13. The highest BCUT2D eigenvalue weighted by Gasteiger charge is 2.54. The van der Waals surface area contributed by atoms with Crippen molar-refractivity contribution in [1.82, 2.24) is 0 Å². The number of rotatable bonds is 11. The molecule has 3 aliphatic rings. The Morgan fingerprint density at radius 3 is 2.04 bits per heavy atom. The molecule has 1 aromatic heterocycles. The minimum absolute atomic E-state index is 0.0490. The van der Waals surface area contributed by atoms with E-state index < -0.39 is 123 Å². The first-order valence-electron chi connectivity index (χ1n) is 16.3. The van der Waals surface area contributed by atoms with Gasteiger partial charge in [0.05, 0.1) is 33.5 Å². The van der Waals surface area contributed by atoms with E-state index >= 15 is 0 Å². The topological polar surface area (TPSA) is 317 Å². The number of methoxy groups -OCH3 is 1. The highest BCUT2D eigenvalue weighted by molar-refractivity contribution is 5.88. The Kier molecular flexibility index (Phi) is 11.5. The molecule has 6 rings (SSSR count). The van der Waals surface area contributed by atoms with Crippen LogP contribution in [0.2, 0.25) is 0 Å². The molecule has 53 heavy (non-hydrogen) atoms. The summed E-state index contributed by atoms with van der Waals surface area (Å²) in [5.74, 6) is -1.34. The Labute approximate surface area is 298 Å². The van der Waals surface area contributed by atoms with Gasteiger partial charge in [-0.3, -0.25) is 4.79 Å². The third-order valence-electron chi connectivity index (χ3n) is 9.29. The molecule has 0 radical (unpaired) electrons. The molecule has 13 unspecified atom stereocenters. The average Bonchev–Trinajstić information content (AvgIpc) is 3.44. The standard InChI is InChI=1S/C33H40O20/c1-46-14-6-15(37)19-16(7-14)49-26(12-2-4-13(5-3-12)48-30-25(43)23(41)20(38)17(8-34)50-30)27(22(19)40)52-31-28(24(42)21(39)18(9-35)51-31)53-32-29(44)33(45,10-36)11-47-32/h2-7,17-18,20-21,23-25,28-32,34-39,41-45H,8-11H2,1H3. The maximum absolute atomic E-state index is 14.1. The minimum Gasteiger partial charge on any atom is -0.507 e. The molecule has 3 saturated heterocycles. The van der Waals surface area contributed by atoms with E-state index in [9.17, 15) is 61.0 Å². The van der Waals surface area contributed by atoms with Crippen molar-refractivity contribution in [3.8, 4) is 34.3 Å². The zero-order chi connectivity index (χ0) is 38.4. The van der Waals surface area contributed by atoms with E-state index in [2.05, 4.69) is 0 Å². The van der Waals surface area contributed by atoms with E-state index in [4.69, 9.17) is 37.6 Å². The molecule has 13 atom stereocenters. The number of hydrogen-bond donors (Lipinski definition) is 11. The van der Waals surface area contributed by atoms with Gasteiger partial charge in [-0.05, 0) is 24.3 Å². The molecule has 0 amide bonds. The number of ether oxygens (including phenoxy) is 7. The van der Waals surface area contributed by atoms with Gasteiger partial charge in [-0.15, -0.1) is 0 Å². The predicted octanol–water partition coefficient (Wildman–Crippen LogP) is -4.00. The van der Waals surface area contributed by atoms with Crippen molar-refractivity contribution in [3.63, 3.8) is 0 Å². The second-order valence-electron chi connectivity index (χ2n) is 12.8. The summed E-state index contributed by atoms with van der Waals surface area (Å²) >= 11 is 0. The molecule has 0 aliphatic carbocycles. The average molecular weight is 757 g/mol. The molecule has 0 spiro atoms. The number of fused-ring (bicyclic) bond motifs is 1. The summed E-state index contributed by atoms with van der Waals surface area (Å²) < 4.78 is 45.0. The Balaban J connectivity index is 1.38. The molecule has 292 valence electrons. The normalized spacial score (nSPS) is 36.1. The van der Waals surface area contributed by atoms with Crippen LogP contribution in [0.15, 0.2) is 45.6 Å². The van der Waals surface area contributed by atoms with Crippen molar-refractivity contribution in [2.24, 2.45) is 0 Å². The zero-order valence-corrected chi connectivity index (χ0v) is 27.8. The van der Waals surface area contributed by atoms with Crippen molar-refractivity contribution in [3.05, 3.63) is 46.6 Å². The fraction of sp³-hybridized carbons (Fsp3) is 0.545. The van der Waals surface area contributed by atoms with E-state index in [1.165, 1.54) is 37.4 Å². The summed E-state index contributed by atoms with van der Waals surface area (Å²) in [6, 6.07) is 7.89. The Morgan fingerprint density at radius 1 is 0.792 bits per heavy atom. The van der Waals surface area contributed by atoms with E-state index in [1.54, 1.807) is 0 Å². The maximum atomic E-state index is 14.1. The van der Waals surface area contributed by atoms with E-state index in [0.29, 0.717) is 0 Å². The summed E-state index contributed by atoms with van der Waals surface area (Å²) in [4.78, 5) is 14.1. The quantitative estimate of drug-likeness (QED) is 0.0888. The summed E-state index contributed by atoms with van der Waals surface area (Å²) in [7, 11) is 1.31. The number of aliphatic hydroxyl groups excluding tert-OH is 9. The van der Waals surface area contributed by atoms with Crippen LogP contribution in [-0.4, -0.2) is 169 Å². The highest BCUT2D eigenvalue weighted by atomic mass is 16.8. The van der Waals surface area contributed by atoms with E-state index in [0.717, 1.165) is 6.07 Å². The number of hydrogen-bond acceptors (Lipinski definition) is 20. The summed E-state index contributed by atoms with van der Waals surface area (Å²) in [6.45, 7) is -3.02. The molecule has 3 fully saturated rings. The van der Waals surface area contributed by atoms with Crippen LogP contribution in [0, 0.1) is 0 Å². The smallest absolute Gasteiger partial charge is 0.239 e. The number of aromatic hydroxyl groups is 1. The van der Waals surface area contributed by atoms with Gasteiger partial charge < -0.3 is 93.7 Å². The van der Waals surface area contributed by atoms with E-state index in [1.807, 2.05) is 0 Å². The second kappa shape index (κ2) is 15.6. The first-order chi connectivity index (χ1) is 25.2. The van der Waals surface area contributed by atoms with Crippen LogP contribution in [0.5, 0.6) is 23.0 Å². The molecular weight excluding hydrogens is 716 g/mol. The second-order valence-corrected chi connectivity index (χ2v) is 12.8. The van der Waals surface area contributed by atoms with Gasteiger partial charge in [0.15, 0.2) is 18.2 Å². The minimum atomic E-state index is -2.14. The van der Waals surface area contributed by atoms with Crippen molar-refractivity contribution in [1.29, 1.82) is 0 Å². The third-order valence-corrected chi connectivity index (χ3v) is 9.29. The molecule has 0 saturated carbocycles. The van der Waals surface area contributed by atoms with Gasteiger partial charge in [0, 0.05) is 17.7 Å². The Hall–Kier alpha value is -3.71. The molecule has 20 nitrogen and oxygen atoms in total. The number of phenols is 1.